The number of piperidine rings is 1. The van der Waals surface area contributed by atoms with Crippen LogP contribution in [0.2, 0.25) is 0 Å². The molecule has 1 aliphatic carbocycles. The molecule has 110 valence electrons. The third-order valence-corrected chi connectivity index (χ3v) is 5.91. The summed E-state index contributed by atoms with van der Waals surface area (Å²) >= 11 is 0. The molecule has 2 aliphatic heterocycles. The highest BCUT2D eigenvalue weighted by atomic mass is 16.5. The van der Waals surface area contributed by atoms with Gasteiger partial charge < -0.3 is 14.7 Å². The molecule has 0 amide bonds. The summed E-state index contributed by atoms with van der Waals surface area (Å²) in [5, 5.41) is 11.1. The highest BCUT2D eigenvalue weighted by Crippen LogP contribution is 2.48. The van der Waals surface area contributed by atoms with Crippen molar-refractivity contribution in [3.05, 3.63) is 0 Å². The normalized spacial score (nSPS) is 34.4. The van der Waals surface area contributed by atoms with Gasteiger partial charge in [-0.2, -0.15) is 0 Å². The molecule has 0 bridgehead atoms. The predicted octanol–water partition coefficient (Wildman–Crippen LogP) is 2.57. The molecule has 1 atom stereocenters. The minimum Gasteiger partial charge on any atom is -0.389 e. The predicted molar refractivity (Wildman–Crippen MR) is 76.2 cm³/mol. The van der Waals surface area contributed by atoms with Crippen LogP contribution in [0, 0.1) is 5.92 Å². The summed E-state index contributed by atoms with van der Waals surface area (Å²) in [6, 6.07) is 0.609. The zero-order chi connectivity index (χ0) is 13.5. The molecular formula is C16H29NO2. The number of rotatable bonds is 2. The Morgan fingerprint density at radius 3 is 2.37 bits per heavy atom. The lowest BCUT2D eigenvalue weighted by molar-refractivity contribution is -0.184. The second kappa shape index (κ2) is 5.01. The van der Waals surface area contributed by atoms with Gasteiger partial charge in [0.25, 0.3) is 0 Å². The maximum Gasteiger partial charge on any atom is 0.0702 e. The molecule has 2 saturated heterocycles. The minimum atomic E-state index is -0.419. The van der Waals surface area contributed by atoms with Crippen molar-refractivity contribution in [2.24, 2.45) is 5.92 Å². The molecule has 3 aliphatic rings. The van der Waals surface area contributed by atoms with Gasteiger partial charge in [0.1, 0.15) is 0 Å². The maximum atomic E-state index is 11.1. The molecule has 0 aromatic heterocycles. The zero-order valence-electron chi connectivity index (χ0n) is 12.5. The van der Waals surface area contributed by atoms with E-state index in [0.717, 1.165) is 45.4 Å². The number of ether oxygens (including phenoxy) is 1. The van der Waals surface area contributed by atoms with Gasteiger partial charge in [0, 0.05) is 25.7 Å². The van der Waals surface area contributed by atoms with Crippen LogP contribution in [0.25, 0.3) is 0 Å². The van der Waals surface area contributed by atoms with Crippen molar-refractivity contribution in [1.29, 1.82) is 0 Å². The fraction of sp³-hybridized carbons (Fsp3) is 1.00. The molecule has 0 aromatic carbocycles. The second-order valence-electron chi connectivity index (χ2n) is 7.31. The number of likely N-dealkylation sites (tertiary alicyclic amines) is 1. The van der Waals surface area contributed by atoms with Gasteiger partial charge in [-0.15, -0.1) is 0 Å². The smallest absolute Gasteiger partial charge is 0.0702 e. The summed E-state index contributed by atoms with van der Waals surface area (Å²) in [6.07, 6.45) is 7.81. The van der Waals surface area contributed by atoms with Crippen LogP contribution in [0.5, 0.6) is 0 Å². The van der Waals surface area contributed by atoms with Crippen LogP contribution < -0.4 is 0 Å². The van der Waals surface area contributed by atoms with Crippen molar-refractivity contribution < 1.29 is 9.84 Å². The third-order valence-electron chi connectivity index (χ3n) is 5.91. The van der Waals surface area contributed by atoms with Crippen LogP contribution in [0.1, 0.15) is 58.8 Å². The molecule has 2 heterocycles. The van der Waals surface area contributed by atoms with E-state index >= 15 is 0 Å². The molecule has 1 spiro atoms. The molecule has 0 radical (unpaired) electrons. The van der Waals surface area contributed by atoms with Crippen LogP contribution in [0.15, 0.2) is 0 Å². The van der Waals surface area contributed by atoms with E-state index in [4.69, 9.17) is 4.74 Å². The first-order valence-corrected chi connectivity index (χ1v) is 8.13. The lowest BCUT2D eigenvalue weighted by Gasteiger charge is -2.52. The van der Waals surface area contributed by atoms with E-state index in [2.05, 4.69) is 18.7 Å². The van der Waals surface area contributed by atoms with Crippen molar-refractivity contribution in [2.75, 3.05) is 19.7 Å². The quantitative estimate of drug-likeness (QED) is 0.834. The molecule has 1 N–H and O–H groups in total. The largest absolute Gasteiger partial charge is 0.389 e. The monoisotopic (exact) mass is 267 g/mol. The van der Waals surface area contributed by atoms with Crippen LogP contribution in [-0.4, -0.2) is 46.9 Å². The average molecular weight is 267 g/mol. The molecule has 3 heteroatoms. The fourth-order valence-corrected chi connectivity index (χ4v) is 4.24. The fourth-order valence-electron chi connectivity index (χ4n) is 4.24. The summed E-state index contributed by atoms with van der Waals surface area (Å²) in [6.45, 7) is 7.47. The third kappa shape index (κ3) is 2.57. The highest BCUT2D eigenvalue weighted by molar-refractivity contribution is 5.01. The van der Waals surface area contributed by atoms with E-state index in [1.54, 1.807) is 0 Å². The SMILES string of the molecule is CC(C)N1CCC(O)(C2CCOC3(CCC3)C2)CC1. The summed E-state index contributed by atoms with van der Waals surface area (Å²) in [5.41, 5.74) is -0.258. The van der Waals surface area contributed by atoms with Crippen molar-refractivity contribution in [3.63, 3.8) is 0 Å². The second-order valence-corrected chi connectivity index (χ2v) is 7.31. The van der Waals surface area contributed by atoms with E-state index in [-0.39, 0.29) is 5.60 Å². The van der Waals surface area contributed by atoms with E-state index in [0.29, 0.717) is 12.0 Å². The standard InChI is InChI=1S/C16H29NO2/c1-13(2)17-9-7-16(18,8-10-17)14-4-11-19-15(12-14)5-3-6-15/h13-14,18H,3-12H2,1-2H3. The Morgan fingerprint density at radius 1 is 1.16 bits per heavy atom. The Labute approximate surface area is 117 Å². The number of hydrogen-bond donors (Lipinski definition) is 1. The first kappa shape index (κ1) is 13.8. The average Bonchev–Trinajstić information content (AvgIpc) is 2.37. The minimum absolute atomic E-state index is 0.161. The van der Waals surface area contributed by atoms with Gasteiger partial charge >= 0.3 is 0 Å². The van der Waals surface area contributed by atoms with Crippen molar-refractivity contribution in [1.82, 2.24) is 4.90 Å². The number of nitrogens with zero attached hydrogens (tertiary/aromatic N) is 1. The highest BCUT2D eigenvalue weighted by Gasteiger charge is 2.49. The lowest BCUT2D eigenvalue weighted by Crippen LogP contribution is -2.55. The van der Waals surface area contributed by atoms with Gasteiger partial charge in [-0.05, 0) is 64.7 Å². The van der Waals surface area contributed by atoms with E-state index in [1.807, 2.05) is 0 Å². The van der Waals surface area contributed by atoms with Crippen molar-refractivity contribution in [3.8, 4) is 0 Å². The summed E-state index contributed by atoms with van der Waals surface area (Å²) in [4.78, 5) is 2.49. The molecular weight excluding hydrogens is 238 g/mol. The van der Waals surface area contributed by atoms with E-state index < -0.39 is 5.60 Å². The summed E-state index contributed by atoms with van der Waals surface area (Å²) < 4.78 is 6.01. The number of aliphatic hydroxyl groups is 1. The summed E-state index contributed by atoms with van der Waals surface area (Å²) in [7, 11) is 0. The van der Waals surface area contributed by atoms with Gasteiger partial charge in [0.05, 0.1) is 11.2 Å². The zero-order valence-corrected chi connectivity index (χ0v) is 12.5. The molecule has 1 saturated carbocycles. The lowest BCUT2D eigenvalue weighted by atomic mass is 9.66. The molecule has 3 rings (SSSR count). The van der Waals surface area contributed by atoms with Crippen molar-refractivity contribution >= 4 is 0 Å². The molecule has 3 fully saturated rings. The first-order valence-electron chi connectivity index (χ1n) is 8.13. The Hall–Kier alpha value is -0.120. The maximum absolute atomic E-state index is 11.1. The van der Waals surface area contributed by atoms with Crippen LogP contribution >= 0.6 is 0 Å². The van der Waals surface area contributed by atoms with E-state index in [1.165, 1.54) is 19.3 Å². The topological polar surface area (TPSA) is 32.7 Å². The van der Waals surface area contributed by atoms with Crippen LogP contribution in [-0.2, 0) is 4.74 Å². The summed E-state index contributed by atoms with van der Waals surface area (Å²) in [5.74, 6) is 0.468. The van der Waals surface area contributed by atoms with Crippen LogP contribution in [0.3, 0.4) is 0 Å². The van der Waals surface area contributed by atoms with Gasteiger partial charge in [0.2, 0.25) is 0 Å². The Bertz CT molecular complexity index is 317. The Balaban J connectivity index is 1.61. The molecule has 3 nitrogen and oxygen atoms in total. The van der Waals surface area contributed by atoms with E-state index in [9.17, 15) is 5.11 Å². The van der Waals surface area contributed by atoms with Gasteiger partial charge in [0.15, 0.2) is 0 Å². The number of hydrogen-bond acceptors (Lipinski definition) is 3. The first-order chi connectivity index (χ1) is 9.03. The molecule has 0 aromatic rings. The van der Waals surface area contributed by atoms with Crippen molar-refractivity contribution in [2.45, 2.75) is 76.0 Å². The Morgan fingerprint density at radius 2 is 1.84 bits per heavy atom. The Kier molecular flexibility index (Phi) is 3.65. The van der Waals surface area contributed by atoms with Gasteiger partial charge in [-0.3, -0.25) is 0 Å². The van der Waals surface area contributed by atoms with Gasteiger partial charge in [-0.1, -0.05) is 0 Å². The van der Waals surface area contributed by atoms with Gasteiger partial charge in [-0.25, -0.2) is 0 Å². The van der Waals surface area contributed by atoms with Crippen LogP contribution in [0.4, 0.5) is 0 Å². The molecule has 19 heavy (non-hydrogen) atoms. The molecule has 1 unspecified atom stereocenters.